The van der Waals surface area contributed by atoms with E-state index in [0.29, 0.717) is 0 Å². The highest BCUT2D eigenvalue weighted by Gasteiger charge is 2.43. The predicted octanol–water partition coefficient (Wildman–Crippen LogP) is 3.68. The van der Waals surface area contributed by atoms with E-state index in [2.05, 4.69) is 17.1 Å². The van der Waals surface area contributed by atoms with Crippen molar-refractivity contribution < 1.29 is 13.2 Å². The SMILES string of the molecule is CC.CCCCCN(C)CC1CC(C(F)(F)F)CN1. The maximum Gasteiger partial charge on any atom is 0.393 e. The molecule has 1 rings (SSSR count). The number of nitrogens with one attached hydrogen (secondary N) is 1. The number of rotatable bonds is 6. The van der Waals surface area contributed by atoms with Gasteiger partial charge in [-0.1, -0.05) is 33.6 Å². The molecule has 19 heavy (non-hydrogen) atoms. The molecule has 0 aliphatic carbocycles. The van der Waals surface area contributed by atoms with E-state index in [1.165, 1.54) is 12.8 Å². The topological polar surface area (TPSA) is 15.3 Å². The van der Waals surface area contributed by atoms with Crippen LogP contribution in [0.1, 0.15) is 46.5 Å². The molecule has 0 aromatic carbocycles. The third-order valence-corrected chi connectivity index (χ3v) is 3.36. The van der Waals surface area contributed by atoms with Crippen molar-refractivity contribution in [3.63, 3.8) is 0 Å². The maximum absolute atomic E-state index is 12.5. The van der Waals surface area contributed by atoms with Gasteiger partial charge in [0.25, 0.3) is 0 Å². The Kier molecular flexibility index (Phi) is 9.44. The molecule has 2 nitrogen and oxygen atoms in total. The minimum absolute atomic E-state index is 0.00625. The summed E-state index contributed by atoms with van der Waals surface area (Å²) in [5.74, 6) is -1.16. The summed E-state index contributed by atoms with van der Waals surface area (Å²) in [5.41, 5.74) is 0. The molecule has 0 bridgehead atoms. The molecule has 1 fully saturated rings. The quantitative estimate of drug-likeness (QED) is 0.748. The van der Waals surface area contributed by atoms with Gasteiger partial charge in [-0.3, -0.25) is 0 Å². The fraction of sp³-hybridized carbons (Fsp3) is 1.00. The smallest absolute Gasteiger partial charge is 0.312 e. The van der Waals surface area contributed by atoms with Gasteiger partial charge in [-0.15, -0.1) is 0 Å². The Bertz CT molecular complexity index is 219. The zero-order valence-corrected chi connectivity index (χ0v) is 12.7. The normalized spacial score (nSPS) is 23.4. The third kappa shape index (κ3) is 7.78. The molecule has 1 N–H and O–H groups in total. The van der Waals surface area contributed by atoms with Crippen molar-refractivity contribution in [2.75, 3.05) is 26.7 Å². The van der Waals surface area contributed by atoms with Gasteiger partial charge in [0.2, 0.25) is 0 Å². The molecule has 1 aliphatic heterocycles. The van der Waals surface area contributed by atoms with Gasteiger partial charge in [-0.25, -0.2) is 0 Å². The predicted molar refractivity (Wildman–Crippen MR) is 74.3 cm³/mol. The molecule has 1 heterocycles. The summed E-state index contributed by atoms with van der Waals surface area (Å²) >= 11 is 0. The molecular formula is C14H29F3N2. The average molecular weight is 282 g/mol. The molecular weight excluding hydrogens is 253 g/mol. The van der Waals surface area contributed by atoms with E-state index >= 15 is 0 Å². The van der Waals surface area contributed by atoms with E-state index in [1.54, 1.807) is 0 Å². The van der Waals surface area contributed by atoms with Crippen LogP contribution in [0.25, 0.3) is 0 Å². The van der Waals surface area contributed by atoms with Crippen molar-refractivity contribution in [1.82, 2.24) is 10.2 Å². The van der Waals surface area contributed by atoms with Gasteiger partial charge in [0.05, 0.1) is 5.92 Å². The zero-order chi connectivity index (χ0) is 14.9. The maximum atomic E-state index is 12.5. The molecule has 0 radical (unpaired) electrons. The number of hydrogen-bond acceptors (Lipinski definition) is 2. The molecule has 0 saturated carbocycles. The van der Waals surface area contributed by atoms with Crippen LogP contribution in [-0.2, 0) is 0 Å². The van der Waals surface area contributed by atoms with Gasteiger partial charge in [-0.05, 0) is 26.4 Å². The van der Waals surface area contributed by atoms with Crippen molar-refractivity contribution in [3.05, 3.63) is 0 Å². The third-order valence-electron chi connectivity index (χ3n) is 3.36. The number of nitrogens with zero attached hydrogens (tertiary/aromatic N) is 1. The Morgan fingerprint density at radius 2 is 1.84 bits per heavy atom. The van der Waals surface area contributed by atoms with Gasteiger partial charge >= 0.3 is 6.18 Å². The van der Waals surface area contributed by atoms with E-state index < -0.39 is 12.1 Å². The van der Waals surface area contributed by atoms with Gasteiger partial charge in [-0.2, -0.15) is 13.2 Å². The average Bonchev–Trinajstić information content (AvgIpc) is 2.80. The van der Waals surface area contributed by atoms with Gasteiger partial charge in [0.1, 0.15) is 0 Å². The lowest BCUT2D eigenvalue weighted by Crippen LogP contribution is -2.35. The van der Waals surface area contributed by atoms with E-state index in [1.807, 2.05) is 20.9 Å². The van der Waals surface area contributed by atoms with E-state index in [9.17, 15) is 13.2 Å². The van der Waals surface area contributed by atoms with E-state index in [-0.39, 0.29) is 19.0 Å². The lowest BCUT2D eigenvalue weighted by Gasteiger charge is -2.21. The fourth-order valence-electron chi connectivity index (χ4n) is 2.31. The lowest BCUT2D eigenvalue weighted by atomic mass is 10.1. The molecule has 0 aromatic heterocycles. The second-order valence-corrected chi connectivity index (χ2v) is 5.05. The van der Waals surface area contributed by atoms with Crippen LogP contribution in [0.3, 0.4) is 0 Å². The Morgan fingerprint density at radius 3 is 2.32 bits per heavy atom. The van der Waals surface area contributed by atoms with Crippen LogP contribution in [0.2, 0.25) is 0 Å². The van der Waals surface area contributed by atoms with Crippen molar-refractivity contribution in [2.24, 2.45) is 5.92 Å². The lowest BCUT2D eigenvalue weighted by molar-refractivity contribution is -0.169. The standard InChI is InChI=1S/C12H23F3N2.C2H6/c1-3-4-5-6-17(2)9-11-7-10(8-16-11)12(13,14)15;1-2/h10-11,16H,3-9H2,1-2H3;1-2H3. The van der Waals surface area contributed by atoms with Crippen molar-refractivity contribution in [1.29, 1.82) is 0 Å². The molecule has 2 unspecified atom stereocenters. The Labute approximate surface area is 115 Å². The van der Waals surface area contributed by atoms with Crippen molar-refractivity contribution in [2.45, 2.75) is 58.7 Å². The molecule has 116 valence electrons. The number of likely N-dealkylation sites (N-methyl/N-ethyl adjacent to an activating group) is 1. The van der Waals surface area contributed by atoms with E-state index in [4.69, 9.17) is 0 Å². The van der Waals surface area contributed by atoms with Crippen LogP contribution in [-0.4, -0.2) is 43.8 Å². The summed E-state index contributed by atoms with van der Waals surface area (Å²) in [6.07, 6.45) is -0.328. The molecule has 2 atom stereocenters. The summed E-state index contributed by atoms with van der Waals surface area (Å²) in [4.78, 5) is 2.13. The molecule has 5 heteroatoms. The number of halogens is 3. The highest BCUT2D eigenvalue weighted by Crippen LogP contribution is 2.32. The largest absolute Gasteiger partial charge is 0.393 e. The highest BCUT2D eigenvalue weighted by atomic mass is 19.4. The van der Waals surface area contributed by atoms with Gasteiger partial charge in [0, 0.05) is 19.1 Å². The summed E-state index contributed by atoms with van der Waals surface area (Å²) in [6.45, 7) is 7.92. The molecule has 1 saturated heterocycles. The van der Waals surface area contributed by atoms with Crippen molar-refractivity contribution >= 4 is 0 Å². The monoisotopic (exact) mass is 282 g/mol. The zero-order valence-electron chi connectivity index (χ0n) is 12.7. The molecule has 0 spiro atoms. The second kappa shape index (κ2) is 9.59. The van der Waals surface area contributed by atoms with Gasteiger partial charge < -0.3 is 10.2 Å². The minimum Gasteiger partial charge on any atom is -0.312 e. The van der Waals surface area contributed by atoms with Crippen LogP contribution in [0.5, 0.6) is 0 Å². The number of hydrogen-bond donors (Lipinski definition) is 1. The molecule has 1 aliphatic rings. The summed E-state index contributed by atoms with van der Waals surface area (Å²) in [5, 5.41) is 2.97. The fourth-order valence-corrected chi connectivity index (χ4v) is 2.31. The Hall–Kier alpha value is -0.290. The van der Waals surface area contributed by atoms with Crippen LogP contribution in [0.4, 0.5) is 13.2 Å². The first-order chi connectivity index (χ1) is 8.93. The van der Waals surface area contributed by atoms with Crippen LogP contribution < -0.4 is 5.32 Å². The number of unbranched alkanes of at least 4 members (excludes halogenated alkanes) is 2. The second-order valence-electron chi connectivity index (χ2n) is 5.05. The highest BCUT2D eigenvalue weighted by molar-refractivity contribution is 4.86. The summed E-state index contributed by atoms with van der Waals surface area (Å²) in [7, 11) is 1.98. The van der Waals surface area contributed by atoms with Crippen molar-refractivity contribution in [3.8, 4) is 0 Å². The minimum atomic E-state index is -4.04. The summed E-state index contributed by atoms with van der Waals surface area (Å²) in [6, 6.07) is -0.00625. The molecule has 0 aromatic rings. The Morgan fingerprint density at radius 1 is 1.21 bits per heavy atom. The van der Waals surface area contributed by atoms with Crippen LogP contribution in [0, 0.1) is 5.92 Å². The first-order valence-corrected chi connectivity index (χ1v) is 7.42. The first-order valence-electron chi connectivity index (χ1n) is 7.42. The van der Waals surface area contributed by atoms with E-state index in [0.717, 1.165) is 19.5 Å². The number of alkyl halides is 3. The summed E-state index contributed by atoms with van der Waals surface area (Å²) < 4.78 is 37.4. The Balaban J connectivity index is 0.00000154. The van der Waals surface area contributed by atoms with Gasteiger partial charge in [0.15, 0.2) is 0 Å². The van der Waals surface area contributed by atoms with Crippen LogP contribution >= 0.6 is 0 Å². The first kappa shape index (κ1) is 18.7. The molecule has 0 amide bonds. The van der Waals surface area contributed by atoms with Crippen LogP contribution in [0.15, 0.2) is 0 Å².